The Balaban J connectivity index is 1.27. The molecule has 1 aromatic rings. The summed E-state index contributed by atoms with van der Waals surface area (Å²) >= 11 is 0. The topological polar surface area (TPSA) is 85.0 Å². The molecule has 2 aliphatic heterocycles. The van der Waals surface area contributed by atoms with Gasteiger partial charge in [-0.1, -0.05) is 32.1 Å². The Hall–Kier alpha value is -2.77. The first-order valence-corrected chi connectivity index (χ1v) is 14.1. The van der Waals surface area contributed by atoms with Crippen LogP contribution in [0.3, 0.4) is 0 Å². The fraction of sp³-hybridized carbons (Fsp3) is 0.679. The molecule has 4 aliphatic rings. The van der Waals surface area contributed by atoms with E-state index < -0.39 is 0 Å². The van der Waals surface area contributed by atoms with Crippen molar-refractivity contribution in [2.45, 2.75) is 76.7 Å². The maximum absolute atomic E-state index is 13.5. The van der Waals surface area contributed by atoms with Gasteiger partial charge in [0.25, 0.3) is 5.91 Å². The molecule has 2 saturated heterocycles. The zero-order chi connectivity index (χ0) is 24.9. The first kappa shape index (κ1) is 24.9. The van der Waals surface area contributed by atoms with Gasteiger partial charge in [-0.25, -0.2) is 4.79 Å². The van der Waals surface area contributed by atoms with Gasteiger partial charge < -0.3 is 25.3 Å². The number of likely N-dealkylation sites (tertiary alicyclic amines) is 1. The van der Waals surface area contributed by atoms with Gasteiger partial charge in [-0.05, 0) is 56.7 Å². The third-order valence-electron chi connectivity index (χ3n) is 8.45. The largest absolute Gasteiger partial charge is 0.367 e. The lowest BCUT2D eigenvalue weighted by Crippen LogP contribution is -2.54. The van der Waals surface area contributed by atoms with Crippen LogP contribution in [-0.2, 0) is 4.79 Å². The summed E-state index contributed by atoms with van der Waals surface area (Å²) in [6.45, 7) is 4.21. The summed E-state index contributed by atoms with van der Waals surface area (Å²) in [6.07, 6.45) is 12.0. The highest BCUT2D eigenvalue weighted by molar-refractivity contribution is 6.02. The number of piperazine rings is 1. The van der Waals surface area contributed by atoms with Gasteiger partial charge in [0.1, 0.15) is 0 Å². The molecule has 2 N–H and O–H groups in total. The molecule has 4 amide bonds. The zero-order valence-corrected chi connectivity index (χ0v) is 21.5. The minimum Gasteiger partial charge on any atom is -0.367 e. The molecule has 2 aliphatic carbocycles. The monoisotopic (exact) mass is 495 g/mol. The van der Waals surface area contributed by atoms with E-state index in [1.807, 2.05) is 28.0 Å². The number of hydrogen-bond acceptors (Lipinski definition) is 4. The van der Waals surface area contributed by atoms with Crippen molar-refractivity contribution in [3.63, 3.8) is 0 Å². The van der Waals surface area contributed by atoms with Gasteiger partial charge in [0.2, 0.25) is 5.91 Å². The van der Waals surface area contributed by atoms with E-state index in [1.54, 1.807) is 0 Å². The van der Waals surface area contributed by atoms with Crippen LogP contribution in [-0.4, -0.2) is 73.0 Å². The van der Waals surface area contributed by atoms with Gasteiger partial charge in [-0.3, -0.25) is 9.59 Å². The molecule has 0 bridgehead atoms. The number of rotatable bonds is 5. The Kier molecular flexibility index (Phi) is 7.97. The number of anilines is 2. The Labute approximate surface area is 214 Å². The van der Waals surface area contributed by atoms with Crippen molar-refractivity contribution in [2.24, 2.45) is 5.92 Å². The molecule has 0 unspecified atom stereocenters. The van der Waals surface area contributed by atoms with Crippen molar-refractivity contribution in [3.05, 3.63) is 23.8 Å². The number of hydrogen-bond donors (Lipinski definition) is 2. The highest BCUT2D eigenvalue weighted by atomic mass is 16.2. The van der Waals surface area contributed by atoms with Gasteiger partial charge in [0.15, 0.2) is 0 Å². The van der Waals surface area contributed by atoms with Crippen LogP contribution in [0.15, 0.2) is 18.2 Å². The summed E-state index contributed by atoms with van der Waals surface area (Å²) in [5.74, 6) is 0.185. The van der Waals surface area contributed by atoms with Crippen molar-refractivity contribution in [2.75, 3.05) is 49.5 Å². The standard InChI is InChI=1S/C28H41N5O3/c34-26(21-8-4-5-9-21)29-23-12-13-25(24(20-23)27(35)32-14-6-7-15-32)31-16-18-33(19-17-31)28(36)30-22-10-2-1-3-11-22/h12-13,20-22H,1-11,14-19H2,(H,29,34)(H,30,36). The van der Waals surface area contributed by atoms with Gasteiger partial charge in [0, 0.05) is 62.6 Å². The molecular weight excluding hydrogens is 454 g/mol. The highest BCUT2D eigenvalue weighted by Crippen LogP contribution is 2.30. The maximum atomic E-state index is 13.5. The average molecular weight is 496 g/mol. The predicted octanol–water partition coefficient (Wildman–Crippen LogP) is 4.22. The highest BCUT2D eigenvalue weighted by Gasteiger charge is 2.29. The number of urea groups is 1. The summed E-state index contributed by atoms with van der Waals surface area (Å²) < 4.78 is 0. The molecule has 4 fully saturated rings. The first-order chi connectivity index (χ1) is 17.6. The molecule has 0 atom stereocenters. The molecule has 2 heterocycles. The summed E-state index contributed by atoms with van der Waals surface area (Å²) in [5.41, 5.74) is 2.25. The van der Waals surface area contributed by atoms with E-state index in [2.05, 4.69) is 15.5 Å². The Morgan fingerprint density at radius 1 is 0.722 bits per heavy atom. The SMILES string of the molecule is O=C(Nc1ccc(N2CCN(C(=O)NC3CCCCC3)CC2)c(C(=O)N2CCCC2)c1)C1CCCC1. The van der Waals surface area contributed by atoms with Crippen molar-refractivity contribution in [3.8, 4) is 0 Å². The van der Waals surface area contributed by atoms with Crippen LogP contribution in [0.2, 0.25) is 0 Å². The van der Waals surface area contributed by atoms with Crippen molar-refractivity contribution < 1.29 is 14.4 Å². The van der Waals surface area contributed by atoms with E-state index in [0.29, 0.717) is 43.5 Å². The van der Waals surface area contributed by atoms with E-state index in [0.717, 1.165) is 70.1 Å². The zero-order valence-electron chi connectivity index (χ0n) is 21.5. The van der Waals surface area contributed by atoms with Gasteiger partial charge in [-0.15, -0.1) is 0 Å². The molecule has 196 valence electrons. The summed E-state index contributed by atoms with van der Waals surface area (Å²) in [5, 5.41) is 6.30. The number of benzene rings is 1. The first-order valence-electron chi connectivity index (χ1n) is 14.1. The second kappa shape index (κ2) is 11.5. The molecule has 0 aromatic heterocycles. The average Bonchev–Trinajstić information content (AvgIpc) is 3.64. The predicted molar refractivity (Wildman–Crippen MR) is 141 cm³/mol. The number of nitrogens with one attached hydrogen (secondary N) is 2. The molecule has 0 radical (unpaired) electrons. The smallest absolute Gasteiger partial charge is 0.317 e. The van der Waals surface area contributed by atoms with Gasteiger partial charge in [0.05, 0.1) is 5.56 Å². The minimum atomic E-state index is 0.0388. The van der Waals surface area contributed by atoms with Gasteiger partial charge in [-0.2, -0.15) is 0 Å². The summed E-state index contributed by atoms with van der Waals surface area (Å²) in [4.78, 5) is 45.1. The fourth-order valence-electron chi connectivity index (χ4n) is 6.25. The lowest BCUT2D eigenvalue weighted by molar-refractivity contribution is -0.119. The van der Waals surface area contributed by atoms with E-state index in [1.165, 1.54) is 19.3 Å². The lowest BCUT2D eigenvalue weighted by atomic mass is 9.96. The number of carbonyl (C=O) groups excluding carboxylic acids is 3. The molecule has 1 aromatic carbocycles. The van der Waals surface area contributed by atoms with Crippen LogP contribution in [0, 0.1) is 5.92 Å². The third kappa shape index (κ3) is 5.79. The van der Waals surface area contributed by atoms with E-state index in [4.69, 9.17) is 0 Å². The molecule has 5 rings (SSSR count). The van der Waals surface area contributed by atoms with E-state index in [-0.39, 0.29) is 23.8 Å². The van der Waals surface area contributed by atoms with Crippen molar-refractivity contribution in [1.82, 2.24) is 15.1 Å². The third-order valence-corrected chi connectivity index (χ3v) is 8.45. The quantitative estimate of drug-likeness (QED) is 0.641. The van der Waals surface area contributed by atoms with Crippen LogP contribution in [0.5, 0.6) is 0 Å². The lowest BCUT2D eigenvalue weighted by Gasteiger charge is -2.38. The normalized spacial score (nSPS) is 21.6. The molecule has 36 heavy (non-hydrogen) atoms. The van der Waals surface area contributed by atoms with Crippen molar-refractivity contribution >= 4 is 29.2 Å². The Morgan fingerprint density at radius 3 is 2.08 bits per heavy atom. The molecule has 2 saturated carbocycles. The Bertz CT molecular complexity index is 941. The second-order valence-electron chi connectivity index (χ2n) is 11.0. The minimum absolute atomic E-state index is 0.0388. The molecule has 0 spiro atoms. The van der Waals surface area contributed by atoms with Crippen LogP contribution in [0.1, 0.15) is 81.0 Å². The van der Waals surface area contributed by atoms with E-state index in [9.17, 15) is 14.4 Å². The molecule has 8 nitrogen and oxygen atoms in total. The van der Waals surface area contributed by atoms with Crippen LogP contribution in [0.25, 0.3) is 0 Å². The maximum Gasteiger partial charge on any atom is 0.317 e. The molecular formula is C28H41N5O3. The van der Waals surface area contributed by atoms with E-state index >= 15 is 0 Å². The van der Waals surface area contributed by atoms with Crippen LogP contribution < -0.4 is 15.5 Å². The number of amides is 4. The van der Waals surface area contributed by atoms with Crippen molar-refractivity contribution in [1.29, 1.82) is 0 Å². The number of carbonyl (C=O) groups is 3. The van der Waals surface area contributed by atoms with Crippen LogP contribution in [0.4, 0.5) is 16.2 Å². The summed E-state index contributed by atoms with van der Waals surface area (Å²) in [7, 11) is 0. The molecule has 8 heteroatoms. The van der Waals surface area contributed by atoms with Crippen LogP contribution >= 0.6 is 0 Å². The Morgan fingerprint density at radius 2 is 1.39 bits per heavy atom. The fourth-order valence-corrected chi connectivity index (χ4v) is 6.25. The van der Waals surface area contributed by atoms with Gasteiger partial charge >= 0.3 is 6.03 Å². The second-order valence-corrected chi connectivity index (χ2v) is 11.0. The number of nitrogens with zero attached hydrogens (tertiary/aromatic N) is 3. The summed E-state index contributed by atoms with van der Waals surface area (Å²) in [6, 6.07) is 6.11.